The van der Waals surface area contributed by atoms with Gasteiger partial charge in [-0.3, -0.25) is 9.80 Å². The molecule has 54 heavy (non-hydrogen) atoms. The second kappa shape index (κ2) is 14.0. The van der Waals surface area contributed by atoms with Crippen LogP contribution in [0.5, 0.6) is 0 Å². The molecule has 9 aromatic rings. The highest BCUT2D eigenvalue weighted by Crippen LogP contribution is 2.47. The molecule has 0 aliphatic carbocycles. The van der Waals surface area contributed by atoms with Gasteiger partial charge in [0, 0.05) is 36.2 Å². The molecule has 258 valence electrons. The smallest absolute Gasteiger partial charge is 0.138 e. The van der Waals surface area contributed by atoms with E-state index in [0.717, 1.165) is 55.2 Å². The molecule has 0 bridgehead atoms. The van der Waals surface area contributed by atoms with E-state index in [2.05, 4.69) is 36.4 Å². The van der Waals surface area contributed by atoms with Crippen molar-refractivity contribution in [3.63, 3.8) is 0 Å². The minimum Gasteiger partial charge on any atom is -0.279 e. The van der Waals surface area contributed by atoms with E-state index in [1.165, 1.54) is 24.3 Å². The monoisotopic (exact) mass is 704 g/mol. The number of pyridine rings is 4. The predicted octanol–water partition coefficient (Wildman–Crippen LogP) is 12.1. The van der Waals surface area contributed by atoms with Crippen LogP contribution in [0.3, 0.4) is 0 Å². The van der Waals surface area contributed by atoms with Gasteiger partial charge in [0.15, 0.2) is 0 Å². The summed E-state index contributed by atoms with van der Waals surface area (Å²) in [5, 5.41) is 3.70. The van der Waals surface area contributed by atoms with Crippen molar-refractivity contribution in [3.05, 3.63) is 194 Å². The van der Waals surface area contributed by atoms with Crippen LogP contribution in [0.1, 0.15) is 0 Å². The Morgan fingerprint density at radius 3 is 0.981 bits per heavy atom. The molecule has 0 unspecified atom stereocenters. The van der Waals surface area contributed by atoms with Gasteiger partial charge in [-0.05, 0) is 141 Å². The fourth-order valence-electron chi connectivity index (χ4n) is 7.05. The van der Waals surface area contributed by atoms with Crippen LogP contribution in [0.15, 0.2) is 183 Å². The number of aromatic nitrogens is 4. The van der Waals surface area contributed by atoms with Gasteiger partial charge in [0.1, 0.15) is 34.9 Å². The molecule has 5 aromatic carbocycles. The van der Waals surface area contributed by atoms with Crippen molar-refractivity contribution in [2.24, 2.45) is 0 Å². The Kier molecular flexibility index (Phi) is 8.45. The summed E-state index contributed by atoms with van der Waals surface area (Å²) in [5.74, 6) is 2.14. The summed E-state index contributed by atoms with van der Waals surface area (Å²) in [6, 6.07) is 48.8. The fourth-order valence-corrected chi connectivity index (χ4v) is 7.05. The van der Waals surface area contributed by atoms with Crippen molar-refractivity contribution in [3.8, 4) is 22.3 Å². The summed E-state index contributed by atoms with van der Waals surface area (Å²) in [6.45, 7) is 0. The van der Waals surface area contributed by atoms with Gasteiger partial charge in [-0.2, -0.15) is 0 Å². The van der Waals surface area contributed by atoms with Crippen LogP contribution in [0.25, 0.3) is 43.8 Å². The molecule has 4 aromatic heterocycles. The van der Waals surface area contributed by atoms with Crippen molar-refractivity contribution < 1.29 is 8.78 Å². The first-order valence-electron chi connectivity index (χ1n) is 17.4. The number of benzene rings is 5. The molecule has 6 nitrogen and oxygen atoms in total. The summed E-state index contributed by atoms with van der Waals surface area (Å²) in [7, 11) is 0. The topological polar surface area (TPSA) is 58.0 Å². The van der Waals surface area contributed by atoms with Crippen molar-refractivity contribution in [2.75, 3.05) is 9.80 Å². The zero-order chi connectivity index (χ0) is 36.4. The summed E-state index contributed by atoms with van der Waals surface area (Å²) in [5.41, 5.74) is 5.18. The highest BCUT2D eigenvalue weighted by Gasteiger charge is 2.23. The van der Waals surface area contributed by atoms with E-state index >= 15 is 0 Å². The third-order valence-electron chi connectivity index (χ3n) is 9.38. The van der Waals surface area contributed by atoms with Crippen LogP contribution >= 0.6 is 0 Å². The third kappa shape index (κ3) is 6.05. The van der Waals surface area contributed by atoms with Crippen LogP contribution < -0.4 is 9.80 Å². The van der Waals surface area contributed by atoms with Crippen molar-refractivity contribution >= 4 is 56.2 Å². The van der Waals surface area contributed by atoms with Gasteiger partial charge in [-0.1, -0.05) is 60.7 Å². The Morgan fingerprint density at radius 1 is 0.333 bits per heavy atom. The van der Waals surface area contributed by atoms with Gasteiger partial charge in [0.25, 0.3) is 0 Å². The minimum atomic E-state index is -0.329. The normalized spacial score (nSPS) is 11.1. The lowest BCUT2D eigenvalue weighted by atomic mass is 9.85. The lowest BCUT2D eigenvalue weighted by molar-refractivity contribution is 0.627. The summed E-state index contributed by atoms with van der Waals surface area (Å²) < 4.78 is 29.0. The molecular weight excluding hydrogens is 675 g/mol. The summed E-state index contributed by atoms with van der Waals surface area (Å²) in [6.07, 6.45) is 7.03. The number of hydrogen-bond donors (Lipinski definition) is 0. The summed E-state index contributed by atoms with van der Waals surface area (Å²) in [4.78, 5) is 22.8. The molecule has 0 aliphatic heterocycles. The van der Waals surface area contributed by atoms with Gasteiger partial charge in [-0.15, -0.1) is 0 Å². The van der Waals surface area contributed by atoms with Crippen molar-refractivity contribution in [1.82, 2.24) is 19.9 Å². The number of rotatable bonds is 8. The first-order valence-corrected chi connectivity index (χ1v) is 17.4. The third-order valence-corrected chi connectivity index (χ3v) is 9.38. The lowest BCUT2D eigenvalue weighted by Gasteiger charge is -2.26. The van der Waals surface area contributed by atoms with Crippen LogP contribution in [0.4, 0.5) is 43.4 Å². The van der Waals surface area contributed by atoms with Gasteiger partial charge in [-0.25, -0.2) is 28.7 Å². The van der Waals surface area contributed by atoms with E-state index in [0.29, 0.717) is 23.3 Å². The van der Waals surface area contributed by atoms with Gasteiger partial charge in [0.05, 0.1) is 0 Å². The zero-order valence-electron chi connectivity index (χ0n) is 28.8. The van der Waals surface area contributed by atoms with E-state index in [1.54, 1.807) is 24.8 Å². The van der Waals surface area contributed by atoms with E-state index in [9.17, 15) is 8.78 Å². The largest absolute Gasteiger partial charge is 0.279 e. The van der Waals surface area contributed by atoms with E-state index in [-0.39, 0.29) is 11.6 Å². The molecular formula is C46H30F2N6. The Bertz CT molecular complexity index is 2490. The molecule has 0 atom stereocenters. The Balaban J connectivity index is 1.40. The maximum atomic E-state index is 14.6. The number of fused-ring (bicyclic) bond motifs is 2. The molecule has 0 spiro atoms. The lowest BCUT2D eigenvalue weighted by Crippen LogP contribution is -2.13. The van der Waals surface area contributed by atoms with Crippen LogP contribution in [0, 0.1) is 11.6 Å². The maximum absolute atomic E-state index is 14.6. The highest BCUT2D eigenvalue weighted by atomic mass is 19.1. The first kappa shape index (κ1) is 32.6. The molecule has 8 heteroatoms. The van der Waals surface area contributed by atoms with Crippen LogP contribution in [-0.4, -0.2) is 19.9 Å². The Hall–Kier alpha value is -7.32. The number of anilines is 6. The highest BCUT2D eigenvalue weighted by molar-refractivity contribution is 6.22. The molecule has 0 radical (unpaired) electrons. The molecule has 0 amide bonds. The fraction of sp³-hybridized carbons (Fsp3) is 0. The molecule has 0 aliphatic rings. The van der Waals surface area contributed by atoms with Crippen LogP contribution in [0.2, 0.25) is 0 Å². The SMILES string of the molecule is Fc1ccc(-c2c3ccc(N(c4ccccn4)c4ccccn4)cc3c(-c3ccc(F)cc3)c3cc(N(c4ccccn4)c4ccccn4)ccc23)cc1. The second-order valence-corrected chi connectivity index (χ2v) is 12.6. The Labute approximate surface area is 310 Å². The molecule has 0 saturated carbocycles. The van der Waals surface area contributed by atoms with Crippen LogP contribution in [-0.2, 0) is 0 Å². The second-order valence-electron chi connectivity index (χ2n) is 12.6. The van der Waals surface area contributed by atoms with Gasteiger partial charge >= 0.3 is 0 Å². The first-order chi connectivity index (χ1) is 26.6. The molecule has 0 saturated heterocycles. The number of nitrogens with zero attached hydrogens (tertiary/aromatic N) is 6. The average Bonchev–Trinajstić information content (AvgIpc) is 3.23. The predicted molar refractivity (Wildman–Crippen MR) is 213 cm³/mol. The molecule has 0 fully saturated rings. The zero-order valence-corrected chi connectivity index (χ0v) is 28.8. The van der Waals surface area contributed by atoms with E-state index in [1.807, 2.05) is 107 Å². The molecule has 4 heterocycles. The number of halogens is 2. The summed E-state index contributed by atoms with van der Waals surface area (Å²) >= 11 is 0. The van der Waals surface area contributed by atoms with E-state index in [4.69, 9.17) is 19.9 Å². The maximum Gasteiger partial charge on any atom is 0.138 e. The minimum absolute atomic E-state index is 0.317. The Morgan fingerprint density at radius 2 is 0.667 bits per heavy atom. The van der Waals surface area contributed by atoms with Crippen molar-refractivity contribution in [2.45, 2.75) is 0 Å². The average molecular weight is 705 g/mol. The number of hydrogen-bond acceptors (Lipinski definition) is 6. The van der Waals surface area contributed by atoms with Crippen molar-refractivity contribution in [1.29, 1.82) is 0 Å². The van der Waals surface area contributed by atoms with E-state index < -0.39 is 0 Å². The molecule has 9 rings (SSSR count). The van der Waals surface area contributed by atoms with Gasteiger partial charge < -0.3 is 0 Å². The standard InChI is InChI=1S/C46H30F2N6/c47-33-17-13-31(14-18-33)45-37-23-21-35(53(41-9-1-5-25-49-41)42-10-2-6-26-50-42)29-39(37)46(32-15-19-34(48)20-16-32)40-30-36(22-24-38(40)45)54(43-11-3-7-27-51-43)44-12-4-8-28-52-44/h1-30H. The quantitative estimate of drug-likeness (QED) is 0.147. The van der Waals surface area contributed by atoms with Gasteiger partial charge in [0.2, 0.25) is 0 Å². The molecule has 0 N–H and O–H groups in total.